The summed E-state index contributed by atoms with van der Waals surface area (Å²) in [7, 11) is 0. The van der Waals surface area contributed by atoms with E-state index in [9.17, 15) is 19.8 Å². The number of ether oxygens (including phenoxy) is 1. The Hall–Kier alpha value is -1.40. The van der Waals surface area contributed by atoms with Crippen molar-refractivity contribution in [2.45, 2.75) is 373 Å². The van der Waals surface area contributed by atoms with Crippen molar-refractivity contribution in [2.75, 3.05) is 13.2 Å². The van der Waals surface area contributed by atoms with Crippen LogP contribution in [0.2, 0.25) is 0 Å². The van der Waals surface area contributed by atoms with Gasteiger partial charge in [-0.25, -0.2) is 0 Å². The predicted molar refractivity (Wildman–Crippen MR) is 306 cm³/mol. The molecule has 0 rings (SSSR count). The second-order valence-corrected chi connectivity index (χ2v) is 22.1. The maximum absolute atomic E-state index is 12.5. The number of aliphatic hydroxyl groups is 2. The second-order valence-electron chi connectivity index (χ2n) is 22.1. The molecule has 0 bridgehead atoms. The van der Waals surface area contributed by atoms with Gasteiger partial charge in [0.15, 0.2) is 0 Å². The van der Waals surface area contributed by atoms with E-state index in [1.807, 2.05) is 0 Å². The van der Waals surface area contributed by atoms with Crippen molar-refractivity contribution >= 4 is 11.9 Å². The van der Waals surface area contributed by atoms with E-state index in [0.717, 1.165) is 38.5 Å². The van der Waals surface area contributed by atoms with E-state index in [2.05, 4.69) is 31.3 Å². The summed E-state index contributed by atoms with van der Waals surface area (Å²) in [5.74, 6) is -0.0157. The normalized spacial score (nSPS) is 12.6. The summed E-state index contributed by atoms with van der Waals surface area (Å²) in [5, 5.41) is 23.2. The van der Waals surface area contributed by atoms with Gasteiger partial charge < -0.3 is 20.3 Å². The van der Waals surface area contributed by atoms with Crippen LogP contribution in [0.15, 0.2) is 12.2 Å². The number of carbonyl (C=O) groups excluding carboxylic acids is 2. The lowest BCUT2D eigenvalue weighted by atomic mass is 10.0. The van der Waals surface area contributed by atoms with Crippen molar-refractivity contribution < 1.29 is 24.5 Å². The number of carbonyl (C=O) groups is 2. The summed E-state index contributed by atoms with van der Waals surface area (Å²) in [6, 6.07) is -0.539. The smallest absolute Gasteiger partial charge is 0.305 e. The van der Waals surface area contributed by atoms with Crippen LogP contribution in [0.3, 0.4) is 0 Å². The number of nitrogens with one attached hydrogen (secondary N) is 1. The van der Waals surface area contributed by atoms with Crippen LogP contribution < -0.4 is 5.32 Å². The molecule has 6 nitrogen and oxygen atoms in total. The SMILES string of the molecule is CCCCCCCCCCCCCCCC(=O)OCCCCCCCCCCCCCC/C=C\CCCCCCCCCCCCCCC(=O)NC(CO)C(O)CCCCCCCCCCCCCC. The van der Waals surface area contributed by atoms with Gasteiger partial charge in [0.2, 0.25) is 5.91 Å². The van der Waals surface area contributed by atoms with Crippen LogP contribution in [0.5, 0.6) is 0 Å². The highest BCUT2D eigenvalue weighted by atomic mass is 16.5. The minimum atomic E-state index is -0.662. The first-order chi connectivity index (χ1) is 34.5. The number of hydrogen-bond acceptors (Lipinski definition) is 5. The molecule has 416 valence electrons. The van der Waals surface area contributed by atoms with Crippen LogP contribution in [-0.2, 0) is 14.3 Å². The van der Waals surface area contributed by atoms with E-state index >= 15 is 0 Å². The molecular formula is C64H125NO5. The fourth-order valence-electron chi connectivity index (χ4n) is 10.2. The Labute approximate surface area is 438 Å². The molecule has 6 heteroatoms. The third-order valence-electron chi connectivity index (χ3n) is 15.1. The van der Waals surface area contributed by atoms with Gasteiger partial charge in [-0.15, -0.1) is 0 Å². The minimum absolute atomic E-state index is 0.0179. The van der Waals surface area contributed by atoms with Gasteiger partial charge >= 0.3 is 5.97 Å². The largest absolute Gasteiger partial charge is 0.466 e. The van der Waals surface area contributed by atoms with Crippen molar-refractivity contribution in [1.29, 1.82) is 0 Å². The molecule has 0 radical (unpaired) electrons. The Morgan fingerprint density at radius 1 is 0.386 bits per heavy atom. The number of amides is 1. The number of unbranched alkanes of at least 4 members (excludes halogenated alkanes) is 47. The zero-order valence-corrected chi connectivity index (χ0v) is 47.5. The molecule has 0 fully saturated rings. The zero-order chi connectivity index (χ0) is 50.7. The molecule has 0 saturated carbocycles. The standard InChI is InChI=1S/C64H125NO5/c1-3-5-7-9-11-13-15-33-38-42-46-50-54-58-64(69)70-59-55-51-47-43-39-35-32-30-28-26-24-22-20-18-17-19-21-23-25-27-29-31-34-37-41-45-49-53-57-63(68)65-61(60-66)62(67)56-52-48-44-40-36-16-14-12-10-8-6-4-2/h17-18,61-62,66-67H,3-16,19-60H2,1-2H3,(H,65,68)/b18-17-. The summed E-state index contributed by atoms with van der Waals surface area (Å²) in [4.78, 5) is 24.5. The summed E-state index contributed by atoms with van der Waals surface area (Å²) in [6.07, 6.45) is 72.4. The Bertz CT molecular complexity index is 1050. The molecule has 0 saturated heterocycles. The Morgan fingerprint density at radius 3 is 1.01 bits per heavy atom. The van der Waals surface area contributed by atoms with Crippen LogP contribution in [0, 0.1) is 0 Å². The average molecular weight is 989 g/mol. The average Bonchev–Trinajstić information content (AvgIpc) is 3.36. The summed E-state index contributed by atoms with van der Waals surface area (Å²) in [6.45, 7) is 4.97. The Balaban J connectivity index is 3.35. The molecule has 0 aromatic rings. The van der Waals surface area contributed by atoms with Gasteiger partial charge in [-0.1, -0.05) is 309 Å². The molecule has 0 aliphatic rings. The molecular weight excluding hydrogens is 863 g/mol. The molecule has 0 aromatic carbocycles. The molecule has 1 amide bonds. The van der Waals surface area contributed by atoms with Crippen molar-refractivity contribution in [3.8, 4) is 0 Å². The fourth-order valence-corrected chi connectivity index (χ4v) is 10.2. The van der Waals surface area contributed by atoms with E-state index in [-0.39, 0.29) is 18.5 Å². The molecule has 0 aromatic heterocycles. The first-order valence-corrected chi connectivity index (χ1v) is 31.9. The molecule has 2 unspecified atom stereocenters. The maximum atomic E-state index is 12.5. The number of hydrogen-bond donors (Lipinski definition) is 3. The zero-order valence-electron chi connectivity index (χ0n) is 47.5. The summed E-state index contributed by atoms with van der Waals surface area (Å²) < 4.78 is 5.48. The number of allylic oxidation sites excluding steroid dienone is 2. The van der Waals surface area contributed by atoms with Crippen LogP contribution in [-0.4, -0.2) is 47.4 Å². The monoisotopic (exact) mass is 988 g/mol. The third kappa shape index (κ3) is 55.9. The lowest BCUT2D eigenvalue weighted by Crippen LogP contribution is -2.45. The second kappa shape index (κ2) is 60.2. The van der Waals surface area contributed by atoms with E-state index in [1.54, 1.807) is 0 Å². The van der Waals surface area contributed by atoms with Gasteiger partial charge in [0, 0.05) is 12.8 Å². The number of rotatable bonds is 60. The fraction of sp³-hybridized carbons (Fsp3) is 0.938. The van der Waals surface area contributed by atoms with Crippen molar-refractivity contribution in [3.63, 3.8) is 0 Å². The van der Waals surface area contributed by atoms with Crippen molar-refractivity contribution in [1.82, 2.24) is 5.32 Å². The third-order valence-corrected chi connectivity index (χ3v) is 15.1. The van der Waals surface area contributed by atoms with E-state index in [1.165, 1.54) is 289 Å². The van der Waals surface area contributed by atoms with Crippen LogP contribution in [0.25, 0.3) is 0 Å². The summed E-state index contributed by atoms with van der Waals surface area (Å²) in [5.41, 5.74) is 0. The molecule has 0 heterocycles. The molecule has 2 atom stereocenters. The highest BCUT2D eigenvalue weighted by molar-refractivity contribution is 5.76. The maximum Gasteiger partial charge on any atom is 0.305 e. The van der Waals surface area contributed by atoms with Gasteiger partial charge in [0.25, 0.3) is 0 Å². The number of esters is 1. The van der Waals surface area contributed by atoms with Crippen LogP contribution in [0.1, 0.15) is 361 Å². The van der Waals surface area contributed by atoms with Gasteiger partial charge in [-0.2, -0.15) is 0 Å². The van der Waals surface area contributed by atoms with E-state index in [0.29, 0.717) is 25.9 Å². The molecule has 0 aliphatic carbocycles. The lowest BCUT2D eigenvalue weighted by molar-refractivity contribution is -0.143. The first kappa shape index (κ1) is 68.6. The molecule has 70 heavy (non-hydrogen) atoms. The van der Waals surface area contributed by atoms with Gasteiger partial charge in [-0.3, -0.25) is 9.59 Å². The van der Waals surface area contributed by atoms with Crippen LogP contribution in [0.4, 0.5) is 0 Å². The predicted octanol–water partition coefficient (Wildman–Crippen LogP) is 20.0. The Morgan fingerprint density at radius 2 is 0.671 bits per heavy atom. The first-order valence-electron chi connectivity index (χ1n) is 31.9. The summed E-state index contributed by atoms with van der Waals surface area (Å²) >= 11 is 0. The molecule has 3 N–H and O–H groups in total. The lowest BCUT2D eigenvalue weighted by Gasteiger charge is -2.22. The quantitative estimate of drug-likeness (QED) is 0.0321. The topological polar surface area (TPSA) is 95.9 Å². The van der Waals surface area contributed by atoms with Gasteiger partial charge in [0.1, 0.15) is 0 Å². The van der Waals surface area contributed by atoms with E-state index < -0.39 is 12.1 Å². The molecule has 0 aliphatic heterocycles. The highest BCUT2D eigenvalue weighted by Gasteiger charge is 2.20. The van der Waals surface area contributed by atoms with Gasteiger partial charge in [0.05, 0.1) is 25.4 Å². The van der Waals surface area contributed by atoms with E-state index in [4.69, 9.17) is 4.74 Å². The number of aliphatic hydroxyl groups excluding tert-OH is 2. The van der Waals surface area contributed by atoms with Crippen LogP contribution >= 0.6 is 0 Å². The van der Waals surface area contributed by atoms with Crippen molar-refractivity contribution in [2.24, 2.45) is 0 Å². The molecule has 0 spiro atoms. The van der Waals surface area contributed by atoms with Crippen molar-refractivity contribution in [3.05, 3.63) is 12.2 Å². The van der Waals surface area contributed by atoms with Gasteiger partial charge in [-0.05, 0) is 51.4 Å². The highest BCUT2D eigenvalue weighted by Crippen LogP contribution is 2.18. The Kier molecular flexibility index (Phi) is 59.0. The minimum Gasteiger partial charge on any atom is -0.466 e.